The molecule has 1 aliphatic rings. The van der Waals surface area contributed by atoms with Gasteiger partial charge in [-0.05, 0) is 30.3 Å². The second kappa shape index (κ2) is 10.5. The minimum atomic E-state index is 0.744. The van der Waals surface area contributed by atoms with Crippen LogP contribution in [0.2, 0.25) is 0 Å². The third-order valence-electron chi connectivity index (χ3n) is 5.33. The molecule has 0 bridgehead atoms. The number of para-hydroxylation sites is 1. The molecule has 0 radical (unpaired) electrons. The van der Waals surface area contributed by atoms with Crippen LogP contribution in [0.1, 0.15) is 11.5 Å². The van der Waals surface area contributed by atoms with Crippen LogP contribution >= 0.6 is 23.1 Å². The van der Waals surface area contributed by atoms with Crippen molar-refractivity contribution in [3.63, 3.8) is 0 Å². The van der Waals surface area contributed by atoms with Crippen LogP contribution in [0.25, 0.3) is 10.9 Å². The Kier molecular flexibility index (Phi) is 7.01. The molecule has 0 amide bonds. The van der Waals surface area contributed by atoms with Gasteiger partial charge in [-0.2, -0.15) is 0 Å². The molecule has 170 valence electrons. The van der Waals surface area contributed by atoms with Crippen LogP contribution in [-0.4, -0.2) is 53.3 Å². The number of benzene rings is 2. The van der Waals surface area contributed by atoms with Gasteiger partial charge in [0.05, 0.1) is 38.1 Å². The first-order valence-electron chi connectivity index (χ1n) is 10.8. The summed E-state index contributed by atoms with van der Waals surface area (Å²) < 4.78 is 10.7. The first-order valence-corrected chi connectivity index (χ1v) is 12.7. The summed E-state index contributed by atoms with van der Waals surface area (Å²) in [7, 11) is 1.67. The largest absolute Gasteiger partial charge is 0.497 e. The fraction of sp³-hybridized carbons (Fsp3) is 0.292. The van der Waals surface area contributed by atoms with E-state index in [2.05, 4.69) is 27.7 Å². The minimum absolute atomic E-state index is 0.744. The van der Waals surface area contributed by atoms with Crippen molar-refractivity contribution < 1.29 is 9.47 Å². The molecule has 5 rings (SSSR count). The summed E-state index contributed by atoms with van der Waals surface area (Å²) in [4.78, 5) is 16.8. The molecule has 0 aliphatic carbocycles. The molecule has 7 nitrogen and oxygen atoms in total. The van der Waals surface area contributed by atoms with Gasteiger partial charge in [0.2, 0.25) is 0 Å². The van der Waals surface area contributed by atoms with Crippen LogP contribution in [0.15, 0.2) is 58.9 Å². The molecule has 1 N–H and O–H groups in total. The third kappa shape index (κ3) is 5.62. The first-order chi connectivity index (χ1) is 16.3. The monoisotopic (exact) mass is 479 g/mol. The van der Waals surface area contributed by atoms with Gasteiger partial charge in [-0.25, -0.2) is 15.0 Å². The molecule has 1 saturated heterocycles. The molecule has 4 aromatic rings. The van der Waals surface area contributed by atoms with Gasteiger partial charge in [0.15, 0.2) is 5.13 Å². The van der Waals surface area contributed by atoms with Crippen molar-refractivity contribution in [3.05, 3.63) is 65.4 Å². The van der Waals surface area contributed by atoms with E-state index in [9.17, 15) is 0 Å². The van der Waals surface area contributed by atoms with E-state index in [1.165, 1.54) is 0 Å². The number of hydrogen-bond acceptors (Lipinski definition) is 9. The SMILES string of the molecule is COc1ccc(Nc2nc(CSc3nc(CN4CCOCC4)nc4ccccc34)cs2)cc1. The molecule has 1 fully saturated rings. The van der Waals surface area contributed by atoms with Crippen molar-refractivity contribution in [2.75, 3.05) is 38.7 Å². The number of ether oxygens (including phenoxy) is 2. The lowest BCUT2D eigenvalue weighted by atomic mass is 10.2. The Balaban J connectivity index is 1.28. The Hall–Kier alpha value is -2.72. The Bertz CT molecular complexity index is 1210. The van der Waals surface area contributed by atoms with Crippen molar-refractivity contribution in [1.29, 1.82) is 0 Å². The summed E-state index contributed by atoms with van der Waals surface area (Å²) in [6, 6.07) is 16.0. The van der Waals surface area contributed by atoms with Gasteiger partial charge < -0.3 is 14.8 Å². The van der Waals surface area contributed by atoms with Crippen molar-refractivity contribution in [1.82, 2.24) is 19.9 Å². The topological polar surface area (TPSA) is 72.4 Å². The summed E-state index contributed by atoms with van der Waals surface area (Å²) in [6.45, 7) is 4.12. The highest BCUT2D eigenvalue weighted by atomic mass is 32.2. The highest BCUT2D eigenvalue weighted by Gasteiger charge is 2.15. The van der Waals surface area contributed by atoms with Gasteiger partial charge >= 0.3 is 0 Å². The van der Waals surface area contributed by atoms with Crippen molar-refractivity contribution in [2.24, 2.45) is 0 Å². The average molecular weight is 480 g/mol. The van der Waals surface area contributed by atoms with E-state index < -0.39 is 0 Å². The number of methoxy groups -OCH3 is 1. The maximum Gasteiger partial charge on any atom is 0.187 e. The highest BCUT2D eigenvalue weighted by molar-refractivity contribution is 7.98. The smallest absolute Gasteiger partial charge is 0.187 e. The maximum absolute atomic E-state index is 5.47. The standard InChI is InChI=1S/C24H25N5O2S2/c1-30-19-8-6-17(7-9-19)25-24-26-18(16-33-24)15-32-23-20-4-2-3-5-21(20)27-22(28-23)14-29-10-12-31-13-11-29/h2-9,16H,10-15H2,1H3,(H,25,26). The minimum Gasteiger partial charge on any atom is -0.497 e. The van der Waals surface area contributed by atoms with Gasteiger partial charge in [-0.15, -0.1) is 11.3 Å². The molecule has 33 heavy (non-hydrogen) atoms. The van der Waals surface area contributed by atoms with E-state index in [1.807, 2.05) is 36.4 Å². The molecule has 1 aliphatic heterocycles. The van der Waals surface area contributed by atoms with E-state index in [0.717, 1.165) is 82.6 Å². The Morgan fingerprint density at radius 2 is 1.88 bits per heavy atom. The van der Waals surface area contributed by atoms with Gasteiger partial charge in [-0.3, -0.25) is 4.90 Å². The third-order valence-corrected chi connectivity index (χ3v) is 7.16. The first kappa shape index (κ1) is 22.1. The number of fused-ring (bicyclic) bond motifs is 1. The zero-order valence-corrected chi connectivity index (χ0v) is 20.0. The second-order valence-corrected chi connectivity index (χ2v) is 9.46. The number of morpholine rings is 1. The summed E-state index contributed by atoms with van der Waals surface area (Å²) in [5, 5.41) is 8.41. The van der Waals surface area contributed by atoms with E-state index >= 15 is 0 Å². The maximum atomic E-state index is 5.47. The molecule has 9 heteroatoms. The number of thiazole rings is 1. The molecule has 2 aromatic carbocycles. The van der Waals surface area contributed by atoms with Gasteiger partial charge in [0.1, 0.15) is 16.6 Å². The summed E-state index contributed by atoms with van der Waals surface area (Å²) in [5.74, 6) is 2.44. The average Bonchev–Trinajstić information content (AvgIpc) is 3.31. The number of thioether (sulfide) groups is 1. The molecule has 3 heterocycles. The fourth-order valence-electron chi connectivity index (χ4n) is 3.60. The molecule has 0 unspecified atom stereocenters. The number of nitrogens with one attached hydrogen (secondary N) is 1. The second-order valence-electron chi connectivity index (χ2n) is 7.64. The molecule has 2 aromatic heterocycles. The quantitative estimate of drug-likeness (QED) is 0.281. The van der Waals surface area contributed by atoms with Crippen LogP contribution in [0.3, 0.4) is 0 Å². The summed E-state index contributed by atoms with van der Waals surface area (Å²) in [6.07, 6.45) is 0. The predicted octanol–water partition coefficient (Wildman–Crippen LogP) is 4.96. The number of hydrogen-bond donors (Lipinski definition) is 1. The lowest BCUT2D eigenvalue weighted by Crippen LogP contribution is -2.36. The lowest BCUT2D eigenvalue weighted by molar-refractivity contribution is 0.0330. The van der Waals surface area contributed by atoms with Crippen LogP contribution < -0.4 is 10.1 Å². The van der Waals surface area contributed by atoms with Gasteiger partial charge in [0.25, 0.3) is 0 Å². The Morgan fingerprint density at radius 3 is 2.70 bits per heavy atom. The summed E-state index contributed by atoms with van der Waals surface area (Å²) in [5.41, 5.74) is 3.00. The van der Waals surface area contributed by atoms with Crippen molar-refractivity contribution in [2.45, 2.75) is 17.3 Å². The molecule has 0 atom stereocenters. The molecular formula is C24H25N5O2S2. The van der Waals surface area contributed by atoms with E-state index in [0.29, 0.717) is 0 Å². The van der Waals surface area contributed by atoms with Crippen LogP contribution in [0.4, 0.5) is 10.8 Å². The molecule has 0 saturated carbocycles. The van der Waals surface area contributed by atoms with Gasteiger partial charge in [0, 0.05) is 35.3 Å². The number of rotatable bonds is 8. The van der Waals surface area contributed by atoms with Gasteiger partial charge in [-0.1, -0.05) is 30.0 Å². The van der Waals surface area contributed by atoms with E-state index in [4.69, 9.17) is 24.4 Å². The highest BCUT2D eigenvalue weighted by Crippen LogP contribution is 2.30. The van der Waals surface area contributed by atoms with E-state index in [-0.39, 0.29) is 0 Å². The van der Waals surface area contributed by atoms with Crippen molar-refractivity contribution in [3.8, 4) is 5.75 Å². The zero-order chi connectivity index (χ0) is 22.5. The normalized spacial score (nSPS) is 14.5. The number of aromatic nitrogens is 3. The number of nitrogens with zero attached hydrogens (tertiary/aromatic N) is 4. The molecular weight excluding hydrogens is 454 g/mol. The molecule has 0 spiro atoms. The van der Waals surface area contributed by atoms with Crippen LogP contribution in [0.5, 0.6) is 5.75 Å². The zero-order valence-electron chi connectivity index (χ0n) is 18.4. The van der Waals surface area contributed by atoms with Crippen LogP contribution in [0, 0.1) is 0 Å². The van der Waals surface area contributed by atoms with Crippen molar-refractivity contribution >= 4 is 44.8 Å². The Morgan fingerprint density at radius 1 is 1.06 bits per heavy atom. The van der Waals surface area contributed by atoms with E-state index in [1.54, 1.807) is 30.2 Å². The van der Waals surface area contributed by atoms with Crippen LogP contribution in [-0.2, 0) is 17.0 Å². The fourth-order valence-corrected chi connectivity index (χ4v) is 5.37. The predicted molar refractivity (Wildman–Crippen MR) is 134 cm³/mol. The summed E-state index contributed by atoms with van der Waals surface area (Å²) >= 11 is 3.31. The number of anilines is 2. The Labute approximate surface area is 201 Å². The lowest BCUT2D eigenvalue weighted by Gasteiger charge is -2.25.